The number of halogens is 4. The number of carboxylic acid groups (broad SMARTS) is 2. The van der Waals surface area contributed by atoms with Crippen molar-refractivity contribution in [1.29, 1.82) is 0 Å². The summed E-state index contributed by atoms with van der Waals surface area (Å²) in [5, 5.41) is 16.8. The lowest BCUT2D eigenvalue weighted by Gasteiger charge is -2.30. The van der Waals surface area contributed by atoms with Crippen LogP contribution < -0.4 is 9.62 Å². The molecule has 0 unspecified atom stereocenters. The number of thiophene rings is 1. The van der Waals surface area contributed by atoms with E-state index in [2.05, 4.69) is 48.3 Å². The minimum absolute atomic E-state index is 0.0776. The highest BCUT2D eigenvalue weighted by atomic mass is 79.9. The molecule has 2 rings (SSSR count). The minimum atomic E-state index is -5.08. The molecule has 8 nitrogen and oxygen atoms in total. The average Bonchev–Trinajstić information content (AvgIpc) is 3.13. The summed E-state index contributed by atoms with van der Waals surface area (Å²) in [5.41, 5.74) is 0.894. The second kappa shape index (κ2) is 12.6. The van der Waals surface area contributed by atoms with Crippen molar-refractivity contribution in [2.75, 3.05) is 22.7 Å². The molecular formula is C21H26BrF3N2O6S2. The Bertz CT molecular complexity index is 1120. The van der Waals surface area contributed by atoms with Crippen LogP contribution in [0.4, 0.5) is 24.5 Å². The van der Waals surface area contributed by atoms with Gasteiger partial charge in [-0.15, -0.1) is 11.3 Å². The fourth-order valence-electron chi connectivity index (χ4n) is 2.85. The van der Waals surface area contributed by atoms with Crippen molar-refractivity contribution >= 4 is 60.6 Å². The zero-order chi connectivity index (χ0) is 27.1. The van der Waals surface area contributed by atoms with Gasteiger partial charge in [0.25, 0.3) is 10.0 Å². The van der Waals surface area contributed by atoms with Crippen LogP contribution in [0.2, 0.25) is 0 Å². The summed E-state index contributed by atoms with van der Waals surface area (Å²) >= 11 is 4.34. The first-order valence-corrected chi connectivity index (χ1v) is 13.2. The van der Waals surface area contributed by atoms with Crippen molar-refractivity contribution in [2.24, 2.45) is 11.8 Å². The van der Waals surface area contributed by atoms with Crippen LogP contribution in [0.3, 0.4) is 0 Å². The first-order chi connectivity index (χ1) is 15.9. The summed E-state index contributed by atoms with van der Waals surface area (Å²) in [6.07, 6.45) is -5.08. The van der Waals surface area contributed by atoms with E-state index in [0.717, 1.165) is 11.3 Å². The monoisotopic (exact) mass is 602 g/mol. The second-order valence-electron chi connectivity index (χ2n) is 8.20. The molecule has 0 saturated carbocycles. The molecule has 0 fully saturated rings. The molecule has 0 aliphatic rings. The molecule has 35 heavy (non-hydrogen) atoms. The Balaban J connectivity index is 0.000000762. The van der Waals surface area contributed by atoms with Crippen molar-refractivity contribution in [1.82, 2.24) is 0 Å². The van der Waals surface area contributed by atoms with E-state index in [1.54, 1.807) is 18.2 Å². The van der Waals surface area contributed by atoms with Gasteiger partial charge in [-0.1, -0.05) is 27.7 Å². The fraction of sp³-hybridized carbons (Fsp3) is 0.429. The molecule has 0 amide bonds. The maximum absolute atomic E-state index is 12.5. The Labute approximate surface area is 213 Å². The summed E-state index contributed by atoms with van der Waals surface area (Å²) < 4.78 is 60.1. The molecule has 0 aliphatic heterocycles. The molecule has 0 radical (unpaired) electrons. The summed E-state index contributed by atoms with van der Waals surface area (Å²) in [6.45, 7) is 9.75. The van der Waals surface area contributed by atoms with Gasteiger partial charge in [-0.25, -0.2) is 18.0 Å². The van der Waals surface area contributed by atoms with E-state index >= 15 is 0 Å². The number of sulfonamides is 1. The SMILES string of the molecule is CC(C)CN(CC(C)C)c1ccc(NS(=O)(=O)c2ccc(Br)s2)cc1C(=O)O.O=C(O)C(F)(F)F. The molecule has 0 aliphatic carbocycles. The highest BCUT2D eigenvalue weighted by Gasteiger charge is 2.38. The van der Waals surface area contributed by atoms with E-state index in [1.807, 2.05) is 4.90 Å². The van der Waals surface area contributed by atoms with Crippen LogP contribution in [0, 0.1) is 11.8 Å². The van der Waals surface area contributed by atoms with Crippen LogP contribution in [0.5, 0.6) is 0 Å². The van der Waals surface area contributed by atoms with Crippen LogP contribution in [-0.4, -0.2) is 49.8 Å². The Kier molecular flexibility index (Phi) is 11.0. The van der Waals surface area contributed by atoms with Gasteiger partial charge in [0, 0.05) is 18.8 Å². The van der Waals surface area contributed by atoms with Crippen molar-refractivity contribution in [3.63, 3.8) is 0 Å². The second-order valence-corrected chi connectivity index (χ2v) is 12.6. The molecule has 0 atom stereocenters. The normalized spacial score (nSPS) is 11.7. The summed E-state index contributed by atoms with van der Waals surface area (Å²) in [6, 6.07) is 7.81. The largest absolute Gasteiger partial charge is 0.490 e. The topological polar surface area (TPSA) is 124 Å². The zero-order valence-corrected chi connectivity index (χ0v) is 22.5. The smallest absolute Gasteiger partial charge is 0.478 e. The molecular weight excluding hydrogens is 577 g/mol. The number of carboxylic acids is 2. The number of anilines is 2. The highest BCUT2D eigenvalue weighted by Crippen LogP contribution is 2.30. The van der Waals surface area contributed by atoms with E-state index in [4.69, 9.17) is 9.90 Å². The third-order valence-electron chi connectivity index (χ3n) is 4.05. The Morgan fingerprint density at radius 3 is 1.94 bits per heavy atom. The number of carbonyl (C=O) groups is 2. The van der Waals surface area contributed by atoms with E-state index in [0.29, 0.717) is 34.4 Å². The average molecular weight is 603 g/mol. The number of hydrogen-bond donors (Lipinski definition) is 3. The maximum atomic E-state index is 12.5. The summed E-state index contributed by atoms with van der Waals surface area (Å²) in [7, 11) is -3.77. The first-order valence-electron chi connectivity index (χ1n) is 10.1. The number of nitrogens with one attached hydrogen (secondary N) is 1. The molecule has 0 saturated heterocycles. The number of rotatable bonds is 9. The van der Waals surface area contributed by atoms with E-state index < -0.39 is 28.1 Å². The lowest BCUT2D eigenvalue weighted by Crippen LogP contribution is -2.32. The minimum Gasteiger partial charge on any atom is -0.478 e. The van der Waals surface area contributed by atoms with Crippen molar-refractivity contribution in [3.05, 3.63) is 39.7 Å². The number of nitrogens with zero attached hydrogens (tertiary/aromatic N) is 1. The van der Waals surface area contributed by atoms with Crippen LogP contribution in [-0.2, 0) is 14.8 Å². The number of benzene rings is 1. The number of aromatic carboxylic acids is 1. The van der Waals surface area contributed by atoms with Crippen LogP contribution in [0.25, 0.3) is 0 Å². The maximum Gasteiger partial charge on any atom is 0.490 e. The molecule has 0 spiro atoms. The third kappa shape index (κ3) is 10.1. The van der Waals surface area contributed by atoms with E-state index in [1.165, 1.54) is 12.1 Å². The molecule has 1 aromatic carbocycles. The molecule has 1 heterocycles. The molecule has 196 valence electrons. The quantitative estimate of drug-likeness (QED) is 0.333. The van der Waals surface area contributed by atoms with Crippen molar-refractivity contribution < 1.29 is 41.4 Å². The standard InChI is InChI=1S/C19H25BrN2O4S2.C2HF3O2/c1-12(2)10-22(11-13(3)4)16-6-5-14(9-15(16)19(23)24)21-28(25,26)18-8-7-17(20)27-18;3-2(4,5)1(6)7/h5-9,12-13,21H,10-11H2,1-4H3,(H,23,24);(H,6,7). The van der Waals surface area contributed by atoms with Gasteiger partial charge in [-0.05, 0) is 58.1 Å². The van der Waals surface area contributed by atoms with Gasteiger partial charge in [0.15, 0.2) is 0 Å². The van der Waals surface area contributed by atoms with Gasteiger partial charge in [0.1, 0.15) is 4.21 Å². The molecule has 3 N–H and O–H groups in total. The fourth-order valence-corrected chi connectivity index (χ4v) is 5.91. The number of alkyl halides is 3. The highest BCUT2D eigenvalue weighted by molar-refractivity contribution is 9.11. The Morgan fingerprint density at radius 1 is 1.06 bits per heavy atom. The van der Waals surface area contributed by atoms with Gasteiger partial charge < -0.3 is 15.1 Å². The van der Waals surface area contributed by atoms with Crippen LogP contribution >= 0.6 is 27.3 Å². The number of aliphatic carboxylic acids is 1. The van der Waals surface area contributed by atoms with Gasteiger partial charge in [-0.3, -0.25) is 4.72 Å². The lowest BCUT2D eigenvalue weighted by molar-refractivity contribution is -0.192. The predicted molar refractivity (Wildman–Crippen MR) is 132 cm³/mol. The molecule has 14 heteroatoms. The summed E-state index contributed by atoms with van der Waals surface area (Å²) in [4.78, 5) is 22.8. The number of hydrogen-bond acceptors (Lipinski definition) is 6. The van der Waals surface area contributed by atoms with Gasteiger partial charge in [-0.2, -0.15) is 13.2 Å². The predicted octanol–water partition coefficient (Wildman–Crippen LogP) is 5.76. The Morgan fingerprint density at radius 2 is 1.57 bits per heavy atom. The summed E-state index contributed by atoms with van der Waals surface area (Å²) in [5.74, 6) is -3.13. The first kappa shape index (κ1) is 30.7. The van der Waals surface area contributed by atoms with E-state index in [9.17, 15) is 31.5 Å². The molecule has 1 aromatic heterocycles. The third-order valence-corrected chi connectivity index (χ3v) is 7.54. The molecule has 0 bridgehead atoms. The van der Waals surface area contributed by atoms with Crippen molar-refractivity contribution in [3.8, 4) is 0 Å². The lowest BCUT2D eigenvalue weighted by atomic mass is 10.1. The van der Waals surface area contributed by atoms with E-state index in [-0.39, 0.29) is 15.5 Å². The van der Waals surface area contributed by atoms with Gasteiger partial charge in [0.2, 0.25) is 0 Å². The Hall–Kier alpha value is -2.32. The van der Waals surface area contributed by atoms with Crippen LogP contribution in [0.15, 0.2) is 38.3 Å². The van der Waals surface area contributed by atoms with Gasteiger partial charge >= 0.3 is 18.1 Å². The van der Waals surface area contributed by atoms with Crippen LogP contribution in [0.1, 0.15) is 38.1 Å². The zero-order valence-electron chi connectivity index (χ0n) is 19.3. The molecule has 2 aromatic rings. The van der Waals surface area contributed by atoms with Gasteiger partial charge in [0.05, 0.1) is 15.0 Å². The van der Waals surface area contributed by atoms with Crippen molar-refractivity contribution in [2.45, 2.75) is 38.1 Å².